The third-order valence-corrected chi connectivity index (χ3v) is 6.45. The van der Waals surface area contributed by atoms with Crippen molar-refractivity contribution in [1.82, 2.24) is 10.6 Å². The van der Waals surface area contributed by atoms with Gasteiger partial charge in [-0.05, 0) is 53.6 Å². The molecule has 2 amide bonds. The normalized spacial score (nSPS) is 22.0. The van der Waals surface area contributed by atoms with Gasteiger partial charge in [-0.15, -0.1) is 0 Å². The summed E-state index contributed by atoms with van der Waals surface area (Å²) < 4.78 is 5.09. The van der Waals surface area contributed by atoms with Gasteiger partial charge in [0.15, 0.2) is 5.76 Å². The quantitative estimate of drug-likeness (QED) is 0.684. The first-order valence-corrected chi connectivity index (χ1v) is 10.4. The van der Waals surface area contributed by atoms with Gasteiger partial charge in [0, 0.05) is 18.4 Å². The second-order valence-electron chi connectivity index (χ2n) is 8.20. The maximum atomic E-state index is 12.6. The molecule has 2 N–H and O–H groups in total. The number of fused-ring (bicyclic) bond motifs is 1. The van der Waals surface area contributed by atoms with Crippen LogP contribution in [-0.4, -0.2) is 24.4 Å². The number of hydrogen-bond acceptors (Lipinski definition) is 3. The van der Waals surface area contributed by atoms with Crippen molar-refractivity contribution < 1.29 is 14.0 Å². The standard InChI is InChI=1S/C25H24N2O3/c1-15(27-25(29)22-11-6-12-30-22)24(28)26-14-16-13-21-17-7-2-4-9-19(17)23(16)20-10-5-3-8-18(20)21/h2-12,15-16,21,23H,13-14H2,1H3,(H,26,28)(H,27,29)/t15-,16+,21?,23?/m0/s1. The molecule has 0 radical (unpaired) electrons. The summed E-state index contributed by atoms with van der Waals surface area (Å²) in [4.78, 5) is 24.8. The predicted octanol–water partition coefficient (Wildman–Crippen LogP) is 3.81. The van der Waals surface area contributed by atoms with Crippen LogP contribution in [0, 0.1) is 5.92 Å². The maximum Gasteiger partial charge on any atom is 0.287 e. The molecule has 6 rings (SSSR count). The van der Waals surface area contributed by atoms with Gasteiger partial charge in [0.05, 0.1) is 6.26 Å². The topological polar surface area (TPSA) is 71.3 Å². The summed E-state index contributed by atoms with van der Waals surface area (Å²) in [6.45, 7) is 2.28. The zero-order chi connectivity index (χ0) is 20.7. The van der Waals surface area contributed by atoms with Gasteiger partial charge in [-0.25, -0.2) is 0 Å². The molecule has 152 valence electrons. The maximum absolute atomic E-state index is 12.6. The molecule has 5 nitrogen and oxygen atoms in total. The number of nitrogens with one attached hydrogen (secondary N) is 2. The summed E-state index contributed by atoms with van der Waals surface area (Å²) >= 11 is 0. The number of amides is 2. The summed E-state index contributed by atoms with van der Waals surface area (Å²) in [6.07, 6.45) is 2.46. The molecule has 3 aliphatic rings. The predicted molar refractivity (Wildman–Crippen MR) is 113 cm³/mol. The Labute approximate surface area is 175 Å². The molecule has 2 bridgehead atoms. The molecule has 3 aliphatic carbocycles. The molecular weight excluding hydrogens is 376 g/mol. The van der Waals surface area contributed by atoms with E-state index < -0.39 is 6.04 Å². The van der Waals surface area contributed by atoms with E-state index in [4.69, 9.17) is 4.42 Å². The lowest BCUT2D eigenvalue weighted by Gasteiger charge is -2.45. The minimum Gasteiger partial charge on any atom is -0.459 e. The van der Waals surface area contributed by atoms with Crippen molar-refractivity contribution in [1.29, 1.82) is 0 Å². The lowest BCUT2D eigenvalue weighted by Crippen LogP contribution is -2.47. The first-order chi connectivity index (χ1) is 14.6. The van der Waals surface area contributed by atoms with Gasteiger partial charge in [-0.2, -0.15) is 0 Å². The van der Waals surface area contributed by atoms with Crippen molar-refractivity contribution in [3.05, 3.63) is 94.9 Å². The van der Waals surface area contributed by atoms with E-state index in [2.05, 4.69) is 59.2 Å². The minimum atomic E-state index is -0.636. The number of rotatable bonds is 5. The van der Waals surface area contributed by atoms with Gasteiger partial charge >= 0.3 is 0 Å². The average Bonchev–Trinajstić information content (AvgIpc) is 3.33. The van der Waals surface area contributed by atoms with Crippen LogP contribution in [0.1, 0.15) is 58.0 Å². The van der Waals surface area contributed by atoms with E-state index in [-0.39, 0.29) is 23.5 Å². The van der Waals surface area contributed by atoms with Gasteiger partial charge in [-0.3, -0.25) is 9.59 Å². The highest BCUT2D eigenvalue weighted by Crippen LogP contribution is 2.55. The molecular formula is C25H24N2O3. The lowest BCUT2D eigenvalue weighted by atomic mass is 9.59. The van der Waals surface area contributed by atoms with Crippen molar-refractivity contribution in [2.24, 2.45) is 5.92 Å². The van der Waals surface area contributed by atoms with Crippen molar-refractivity contribution in [3.63, 3.8) is 0 Å². The Balaban J connectivity index is 1.29. The van der Waals surface area contributed by atoms with Crippen LogP contribution in [0.2, 0.25) is 0 Å². The van der Waals surface area contributed by atoms with Crippen LogP contribution in [0.25, 0.3) is 0 Å². The highest BCUT2D eigenvalue weighted by Gasteiger charge is 2.42. The van der Waals surface area contributed by atoms with Crippen LogP contribution in [0.4, 0.5) is 0 Å². The third kappa shape index (κ3) is 3.11. The molecule has 2 aromatic carbocycles. The number of hydrogen-bond donors (Lipinski definition) is 2. The fourth-order valence-corrected chi connectivity index (χ4v) is 5.09. The fourth-order valence-electron chi connectivity index (χ4n) is 5.09. The highest BCUT2D eigenvalue weighted by atomic mass is 16.3. The van der Waals surface area contributed by atoms with Crippen molar-refractivity contribution in [2.45, 2.75) is 31.2 Å². The Morgan fingerprint density at radius 1 is 0.967 bits per heavy atom. The van der Waals surface area contributed by atoms with Crippen LogP contribution < -0.4 is 10.6 Å². The van der Waals surface area contributed by atoms with Gasteiger partial charge in [0.1, 0.15) is 6.04 Å². The first kappa shape index (κ1) is 18.7. The van der Waals surface area contributed by atoms with Crippen LogP contribution in [0.5, 0.6) is 0 Å². The molecule has 0 saturated heterocycles. The smallest absolute Gasteiger partial charge is 0.287 e. The second-order valence-corrected chi connectivity index (χ2v) is 8.20. The van der Waals surface area contributed by atoms with E-state index >= 15 is 0 Å². The van der Waals surface area contributed by atoms with Gasteiger partial charge in [0.25, 0.3) is 5.91 Å². The molecule has 0 unspecified atom stereocenters. The summed E-state index contributed by atoms with van der Waals surface area (Å²) in [5.41, 5.74) is 5.60. The monoisotopic (exact) mass is 400 g/mol. The minimum absolute atomic E-state index is 0.182. The van der Waals surface area contributed by atoms with E-state index in [1.807, 2.05) is 0 Å². The molecule has 0 spiro atoms. The van der Waals surface area contributed by atoms with E-state index in [1.54, 1.807) is 19.1 Å². The van der Waals surface area contributed by atoms with Gasteiger partial charge in [0.2, 0.25) is 5.91 Å². The Hall–Kier alpha value is -3.34. The van der Waals surface area contributed by atoms with Gasteiger partial charge in [-0.1, -0.05) is 48.5 Å². The van der Waals surface area contributed by atoms with Crippen LogP contribution >= 0.6 is 0 Å². The van der Waals surface area contributed by atoms with Crippen molar-refractivity contribution in [2.75, 3.05) is 6.54 Å². The first-order valence-electron chi connectivity index (χ1n) is 10.4. The third-order valence-electron chi connectivity index (χ3n) is 6.45. The molecule has 0 saturated carbocycles. The molecule has 1 aromatic heterocycles. The Morgan fingerprint density at radius 3 is 2.20 bits per heavy atom. The highest BCUT2D eigenvalue weighted by molar-refractivity contribution is 5.95. The van der Waals surface area contributed by atoms with Crippen LogP contribution in [0.3, 0.4) is 0 Å². The Bertz CT molecular complexity index is 1040. The van der Waals surface area contributed by atoms with Crippen molar-refractivity contribution in [3.8, 4) is 0 Å². The zero-order valence-corrected chi connectivity index (χ0v) is 16.8. The molecule has 5 heteroatoms. The van der Waals surface area contributed by atoms with E-state index in [1.165, 1.54) is 28.5 Å². The molecule has 3 aromatic rings. The summed E-state index contributed by atoms with van der Waals surface area (Å²) in [6, 6.07) is 19.9. The Kier molecular flexibility index (Phi) is 4.66. The molecule has 0 fully saturated rings. The number of carbonyl (C=O) groups is 2. The van der Waals surface area contributed by atoms with E-state index in [0.717, 1.165) is 6.42 Å². The molecule has 2 atom stereocenters. The molecule has 1 heterocycles. The summed E-state index contributed by atoms with van der Waals surface area (Å²) in [7, 11) is 0. The van der Waals surface area contributed by atoms with E-state index in [0.29, 0.717) is 18.4 Å². The fraction of sp³-hybridized carbons (Fsp3) is 0.280. The SMILES string of the molecule is C[C@H](NC(=O)c1ccco1)C(=O)NC[C@H]1CC2c3ccccc3C1c1ccccc12. The second kappa shape index (κ2) is 7.48. The Morgan fingerprint density at radius 2 is 1.60 bits per heavy atom. The number of furan rings is 1. The van der Waals surface area contributed by atoms with Crippen LogP contribution in [-0.2, 0) is 4.79 Å². The largest absolute Gasteiger partial charge is 0.459 e. The number of benzene rings is 2. The van der Waals surface area contributed by atoms with Gasteiger partial charge < -0.3 is 15.1 Å². The summed E-state index contributed by atoms with van der Waals surface area (Å²) in [5, 5.41) is 5.76. The number of carbonyl (C=O) groups excluding carboxylic acids is 2. The van der Waals surface area contributed by atoms with Crippen molar-refractivity contribution >= 4 is 11.8 Å². The molecule has 0 aliphatic heterocycles. The zero-order valence-electron chi connectivity index (χ0n) is 16.8. The molecule has 30 heavy (non-hydrogen) atoms. The summed E-state index contributed by atoms with van der Waals surface area (Å²) in [5.74, 6) is 0.625. The average molecular weight is 400 g/mol. The van der Waals surface area contributed by atoms with E-state index in [9.17, 15) is 9.59 Å². The lowest BCUT2D eigenvalue weighted by molar-refractivity contribution is -0.122. The van der Waals surface area contributed by atoms with Crippen LogP contribution in [0.15, 0.2) is 71.3 Å².